The Kier molecular flexibility index (Phi) is 4.59. The van der Waals surface area contributed by atoms with Gasteiger partial charge in [-0.25, -0.2) is 9.59 Å². The predicted octanol–water partition coefficient (Wildman–Crippen LogP) is 2.64. The van der Waals surface area contributed by atoms with Crippen LogP contribution in [0.4, 0.5) is 10.5 Å². The minimum Gasteiger partial charge on any atom is -0.465 e. The van der Waals surface area contributed by atoms with Crippen LogP contribution < -0.4 is 5.32 Å². The Hall–Kier alpha value is -2.24. The van der Waals surface area contributed by atoms with E-state index < -0.39 is 11.6 Å². The van der Waals surface area contributed by atoms with Crippen LogP contribution in [-0.2, 0) is 16.0 Å². The number of hydrogen-bond acceptors (Lipinski definition) is 5. The number of hydrogen-bond donors (Lipinski definition) is 1. The number of nitrogens with one attached hydrogen (secondary N) is 1. The van der Waals surface area contributed by atoms with E-state index in [4.69, 9.17) is 9.47 Å². The van der Waals surface area contributed by atoms with Gasteiger partial charge in [0.2, 0.25) is 0 Å². The van der Waals surface area contributed by atoms with E-state index in [-0.39, 0.29) is 6.09 Å². The number of fused-ring (bicyclic) bond motifs is 1. The molecule has 0 fully saturated rings. The number of methoxy groups -OCH3 is 1. The minimum atomic E-state index is -0.534. The molecule has 6 heteroatoms. The molecule has 2 rings (SSSR count). The van der Waals surface area contributed by atoms with Gasteiger partial charge < -0.3 is 19.7 Å². The van der Waals surface area contributed by atoms with Crippen molar-refractivity contribution >= 4 is 17.7 Å². The van der Waals surface area contributed by atoms with Crippen molar-refractivity contribution in [1.82, 2.24) is 4.90 Å². The van der Waals surface area contributed by atoms with Crippen LogP contribution in [0, 0.1) is 0 Å². The first-order valence-electron chi connectivity index (χ1n) is 7.23. The van der Waals surface area contributed by atoms with E-state index >= 15 is 0 Å². The monoisotopic (exact) mass is 306 g/mol. The Morgan fingerprint density at radius 1 is 1.27 bits per heavy atom. The molecule has 1 aromatic carbocycles. The SMILES string of the molecule is COC(=O)c1ccc2c(c1)CN(C(=O)OC(C)(C)C)CCN2. The molecule has 0 atom stereocenters. The van der Waals surface area contributed by atoms with E-state index in [0.717, 1.165) is 11.3 Å². The molecule has 6 nitrogen and oxygen atoms in total. The lowest BCUT2D eigenvalue weighted by Gasteiger charge is -2.26. The Labute approximate surface area is 130 Å². The highest BCUT2D eigenvalue weighted by Crippen LogP contribution is 2.23. The molecule has 1 aromatic rings. The highest BCUT2D eigenvalue weighted by Gasteiger charge is 2.25. The molecule has 0 spiro atoms. The third kappa shape index (κ3) is 3.90. The zero-order valence-electron chi connectivity index (χ0n) is 13.4. The van der Waals surface area contributed by atoms with Crippen molar-refractivity contribution < 1.29 is 19.1 Å². The molecule has 0 aliphatic carbocycles. The lowest BCUT2D eigenvalue weighted by atomic mass is 10.1. The molecular formula is C16H22N2O4. The normalized spacial score (nSPS) is 14.5. The van der Waals surface area contributed by atoms with E-state index in [1.165, 1.54) is 7.11 Å². The molecule has 0 unspecified atom stereocenters. The van der Waals surface area contributed by atoms with Gasteiger partial charge in [0, 0.05) is 18.8 Å². The van der Waals surface area contributed by atoms with Crippen LogP contribution >= 0.6 is 0 Å². The Bertz CT molecular complexity index is 578. The molecule has 0 saturated heterocycles. The van der Waals surface area contributed by atoms with Crippen molar-refractivity contribution in [2.45, 2.75) is 32.9 Å². The summed E-state index contributed by atoms with van der Waals surface area (Å²) >= 11 is 0. The van der Waals surface area contributed by atoms with Crippen LogP contribution in [0.15, 0.2) is 18.2 Å². The third-order valence-corrected chi connectivity index (χ3v) is 3.24. The summed E-state index contributed by atoms with van der Waals surface area (Å²) in [6, 6.07) is 5.29. The molecule has 1 heterocycles. The fourth-order valence-electron chi connectivity index (χ4n) is 2.23. The fraction of sp³-hybridized carbons (Fsp3) is 0.500. The quantitative estimate of drug-likeness (QED) is 0.808. The van der Waals surface area contributed by atoms with Gasteiger partial charge in [-0.3, -0.25) is 0 Å². The molecule has 0 radical (unpaired) electrons. The number of anilines is 1. The van der Waals surface area contributed by atoms with Gasteiger partial charge in [0.15, 0.2) is 0 Å². The number of carbonyl (C=O) groups excluding carboxylic acids is 2. The van der Waals surface area contributed by atoms with Crippen molar-refractivity contribution in [1.29, 1.82) is 0 Å². The number of benzene rings is 1. The molecule has 1 amide bonds. The Morgan fingerprint density at radius 3 is 2.64 bits per heavy atom. The molecule has 1 aliphatic rings. The van der Waals surface area contributed by atoms with Gasteiger partial charge in [0.25, 0.3) is 0 Å². The summed E-state index contributed by atoms with van der Waals surface area (Å²) in [5.41, 5.74) is 1.71. The first kappa shape index (κ1) is 16.1. The zero-order chi connectivity index (χ0) is 16.3. The zero-order valence-corrected chi connectivity index (χ0v) is 13.4. The molecule has 1 N–H and O–H groups in total. The van der Waals surface area contributed by atoms with Gasteiger partial charge in [-0.1, -0.05) is 0 Å². The van der Waals surface area contributed by atoms with Gasteiger partial charge in [-0.2, -0.15) is 0 Å². The molecule has 22 heavy (non-hydrogen) atoms. The van der Waals surface area contributed by atoms with E-state index in [1.54, 1.807) is 17.0 Å². The highest BCUT2D eigenvalue weighted by molar-refractivity contribution is 5.90. The number of nitrogens with zero attached hydrogens (tertiary/aromatic N) is 1. The molecule has 0 bridgehead atoms. The second-order valence-corrected chi connectivity index (χ2v) is 6.19. The summed E-state index contributed by atoms with van der Waals surface area (Å²) in [6.07, 6.45) is -0.356. The average Bonchev–Trinajstić information content (AvgIpc) is 2.66. The lowest BCUT2D eigenvalue weighted by Crippen LogP contribution is -2.37. The van der Waals surface area contributed by atoms with Gasteiger partial charge in [0.1, 0.15) is 5.60 Å². The van der Waals surface area contributed by atoms with Crippen molar-refractivity contribution in [2.75, 3.05) is 25.5 Å². The van der Waals surface area contributed by atoms with Crippen LogP contribution in [0.5, 0.6) is 0 Å². The predicted molar refractivity (Wildman–Crippen MR) is 82.9 cm³/mol. The maximum Gasteiger partial charge on any atom is 0.410 e. The first-order chi connectivity index (χ1) is 10.3. The van der Waals surface area contributed by atoms with Gasteiger partial charge >= 0.3 is 12.1 Å². The van der Waals surface area contributed by atoms with Crippen LogP contribution in [0.1, 0.15) is 36.7 Å². The summed E-state index contributed by atoms with van der Waals surface area (Å²) in [7, 11) is 1.35. The van der Waals surface area contributed by atoms with Crippen LogP contribution in [0.25, 0.3) is 0 Å². The van der Waals surface area contributed by atoms with E-state index in [0.29, 0.717) is 25.2 Å². The van der Waals surface area contributed by atoms with Gasteiger partial charge in [0.05, 0.1) is 19.2 Å². The summed E-state index contributed by atoms with van der Waals surface area (Å²) < 4.78 is 10.1. The van der Waals surface area contributed by atoms with Crippen molar-refractivity contribution in [2.24, 2.45) is 0 Å². The second-order valence-electron chi connectivity index (χ2n) is 6.19. The lowest BCUT2D eigenvalue weighted by molar-refractivity contribution is 0.0245. The summed E-state index contributed by atoms with van der Waals surface area (Å²) in [5.74, 6) is -0.393. The van der Waals surface area contributed by atoms with Crippen LogP contribution in [0.3, 0.4) is 0 Å². The fourth-order valence-corrected chi connectivity index (χ4v) is 2.23. The minimum absolute atomic E-state index is 0.356. The largest absolute Gasteiger partial charge is 0.465 e. The molecule has 0 aromatic heterocycles. The molecule has 1 aliphatic heterocycles. The van der Waals surface area contributed by atoms with E-state index in [1.807, 2.05) is 26.8 Å². The molecule has 120 valence electrons. The highest BCUT2D eigenvalue weighted by atomic mass is 16.6. The van der Waals surface area contributed by atoms with Crippen molar-refractivity contribution in [3.05, 3.63) is 29.3 Å². The summed E-state index contributed by atoms with van der Waals surface area (Å²) in [6.45, 7) is 7.07. The standard InChI is InChI=1S/C16H22N2O4/c1-16(2,3)22-15(20)18-8-7-17-13-6-5-11(14(19)21-4)9-12(13)10-18/h5-6,9,17H,7-8,10H2,1-4H3. The average molecular weight is 306 g/mol. The van der Waals surface area contributed by atoms with Gasteiger partial charge in [-0.15, -0.1) is 0 Å². The topological polar surface area (TPSA) is 67.9 Å². The smallest absolute Gasteiger partial charge is 0.410 e. The number of esters is 1. The molecular weight excluding hydrogens is 284 g/mol. The van der Waals surface area contributed by atoms with Crippen LogP contribution in [-0.4, -0.2) is 42.8 Å². The number of amides is 1. The molecule has 0 saturated carbocycles. The third-order valence-electron chi connectivity index (χ3n) is 3.24. The Morgan fingerprint density at radius 2 is 2.00 bits per heavy atom. The first-order valence-corrected chi connectivity index (χ1v) is 7.23. The van der Waals surface area contributed by atoms with Crippen LogP contribution in [0.2, 0.25) is 0 Å². The summed E-state index contributed by atoms with van der Waals surface area (Å²) in [4.78, 5) is 25.5. The number of ether oxygens (including phenoxy) is 2. The summed E-state index contributed by atoms with van der Waals surface area (Å²) in [5, 5.41) is 3.26. The number of carbonyl (C=O) groups is 2. The van der Waals surface area contributed by atoms with E-state index in [2.05, 4.69) is 5.32 Å². The maximum atomic E-state index is 12.2. The maximum absolute atomic E-state index is 12.2. The van der Waals surface area contributed by atoms with Crippen molar-refractivity contribution in [3.63, 3.8) is 0 Å². The number of rotatable bonds is 1. The van der Waals surface area contributed by atoms with E-state index in [9.17, 15) is 9.59 Å². The second kappa shape index (κ2) is 6.25. The van der Waals surface area contributed by atoms with Gasteiger partial charge in [-0.05, 0) is 44.5 Å². The Balaban J connectivity index is 2.21. The van der Waals surface area contributed by atoms with Crippen molar-refractivity contribution in [3.8, 4) is 0 Å².